The molecule has 0 aliphatic carbocycles. The summed E-state index contributed by atoms with van der Waals surface area (Å²) in [6, 6.07) is 18.7. The summed E-state index contributed by atoms with van der Waals surface area (Å²) < 4.78 is 9.27. The summed E-state index contributed by atoms with van der Waals surface area (Å²) in [7, 11) is 0. The van der Waals surface area contributed by atoms with E-state index in [0.29, 0.717) is 6.04 Å². The first-order valence-electron chi connectivity index (χ1n) is 9.84. The van der Waals surface area contributed by atoms with Gasteiger partial charge in [-0.3, -0.25) is 4.68 Å². The minimum absolute atomic E-state index is 0.340. The second-order valence-corrected chi connectivity index (χ2v) is 8.07. The van der Waals surface area contributed by atoms with Gasteiger partial charge in [0, 0.05) is 18.3 Å². The molecule has 0 amide bonds. The van der Waals surface area contributed by atoms with E-state index in [1.807, 2.05) is 30.3 Å². The van der Waals surface area contributed by atoms with Crippen molar-refractivity contribution in [3.63, 3.8) is 0 Å². The zero-order valence-electron chi connectivity index (χ0n) is 16.8. The van der Waals surface area contributed by atoms with E-state index in [1.165, 1.54) is 14.8 Å². The lowest BCUT2D eigenvalue weighted by Crippen LogP contribution is -2.26. The average Bonchev–Trinajstić information content (AvgIpc) is 2.95. The topological polar surface area (TPSA) is 39.1 Å². The Hall–Kier alpha value is -1.86. The lowest BCUT2D eigenvalue weighted by molar-refractivity contribution is 0.455. The predicted octanol–water partition coefficient (Wildman–Crippen LogP) is 6.03. The van der Waals surface area contributed by atoms with Crippen LogP contribution in [0.15, 0.2) is 54.6 Å². The lowest BCUT2D eigenvalue weighted by atomic mass is 10.0. The zero-order chi connectivity index (χ0) is 19.9. The Morgan fingerprint density at radius 2 is 1.71 bits per heavy atom. The fourth-order valence-corrected chi connectivity index (χ4v) is 3.69. The van der Waals surface area contributed by atoms with Crippen molar-refractivity contribution >= 4 is 22.6 Å². The van der Waals surface area contributed by atoms with Gasteiger partial charge >= 0.3 is 0 Å². The number of hydrogen-bond donors (Lipinski definition) is 1. The number of halogens is 1. The van der Waals surface area contributed by atoms with E-state index in [0.717, 1.165) is 43.1 Å². The number of nitrogens with zero attached hydrogens (tertiary/aromatic N) is 2. The first-order valence-corrected chi connectivity index (χ1v) is 10.9. The van der Waals surface area contributed by atoms with Crippen LogP contribution in [-0.2, 0) is 6.54 Å². The van der Waals surface area contributed by atoms with Crippen LogP contribution in [-0.4, -0.2) is 16.3 Å². The predicted molar refractivity (Wildman–Crippen MR) is 123 cm³/mol. The summed E-state index contributed by atoms with van der Waals surface area (Å²) >= 11 is 2.37. The summed E-state index contributed by atoms with van der Waals surface area (Å²) in [5.74, 6) is 1.72. The van der Waals surface area contributed by atoms with Crippen molar-refractivity contribution in [2.75, 3.05) is 6.54 Å². The molecular formula is C23H28IN3O. The Bertz CT molecular complexity index is 875. The van der Waals surface area contributed by atoms with Gasteiger partial charge < -0.3 is 10.1 Å². The molecule has 1 aromatic heterocycles. The molecule has 0 saturated carbocycles. The molecule has 28 heavy (non-hydrogen) atoms. The van der Waals surface area contributed by atoms with Gasteiger partial charge in [0.15, 0.2) is 0 Å². The van der Waals surface area contributed by atoms with Gasteiger partial charge in [0.05, 0.1) is 15.8 Å². The van der Waals surface area contributed by atoms with Crippen LogP contribution in [0.3, 0.4) is 0 Å². The van der Waals surface area contributed by atoms with Crippen molar-refractivity contribution in [3.05, 3.63) is 75.1 Å². The molecule has 0 spiro atoms. The van der Waals surface area contributed by atoms with Crippen molar-refractivity contribution in [3.8, 4) is 11.5 Å². The minimum Gasteiger partial charge on any atom is -0.457 e. The fraction of sp³-hybridized carbons (Fsp3) is 0.348. The number of para-hydroxylation sites is 1. The van der Waals surface area contributed by atoms with Crippen LogP contribution in [0.1, 0.15) is 42.8 Å². The van der Waals surface area contributed by atoms with Crippen LogP contribution in [0.2, 0.25) is 0 Å². The second-order valence-electron chi connectivity index (χ2n) is 6.99. The molecule has 1 unspecified atom stereocenters. The third-order valence-corrected chi connectivity index (χ3v) is 6.41. The fourth-order valence-electron chi connectivity index (χ4n) is 3.31. The number of nitrogens with one attached hydrogen (secondary N) is 1. The molecule has 3 rings (SSSR count). The quantitative estimate of drug-likeness (QED) is 0.373. The highest BCUT2D eigenvalue weighted by Crippen LogP contribution is 2.25. The van der Waals surface area contributed by atoms with Crippen molar-refractivity contribution in [1.29, 1.82) is 0 Å². The molecule has 148 valence electrons. The molecule has 0 radical (unpaired) electrons. The number of rotatable bonds is 9. The molecule has 0 aliphatic heterocycles. The van der Waals surface area contributed by atoms with E-state index in [4.69, 9.17) is 4.74 Å². The molecule has 0 fully saturated rings. The van der Waals surface area contributed by atoms with E-state index >= 15 is 0 Å². The maximum Gasteiger partial charge on any atom is 0.127 e. The Kier molecular flexibility index (Phi) is 7.50. The molecule has 0 aliphatic rings. The number of aryl methyl sites for hydroxylation is 1. The summed E-state index contributed by atoms with van der Waals surface area (Å²) in [5, 5.41) is 8.34. The summed E-state index contributed by atoms with van der Waals surface area (Å²) in [4.78, 5) is 0. The van der Waals surface area contributed by atoms with Gasteiger partial charge in [0.25, 0.3) is 0 Å². The van der Waals surface area contributed by atoms with Gasteiger partial charge in [0.2, 0.25) is 0 Å². The van der Waals surface area contributed by atoms with Gasteiger partial charge in [-0.05, 0) is 72.7 Å². The van der Waals surface area contributed by atoms with Crippen molar-refractivity contribution in [2.45, 2.75) is 46.2 Å². The van der Waals surface area contributed by atoms with Crippen molar-refractivity contribution in [2.24, 2.45) is 0 Å². The van der Waals surface area contributed by atoms with E-state index in [2.05, 4.69) is 82.7 Å². The van der Waals surface area contributed by atoms with Gasteiger partial charge in [-0.2, -0.15) is 5.10 Å². The molecular weight excluding hydrogens is 461 g/mol. The molecule has 4 nitrogen and oxygen atoms in total. The van der Waals surface area contributed by atoms with Crippen LogP contribution in [0.25, 0.3) is 0 Å². The number of hydrogen-bond acceptors (Lipinski definition) is 3. The summed E-state index contributed by atoms with van der Waals surface area (Å²) in [6.07, 6.45) is 2.24. The third-order valence-electron chi connectivity index (χ3n) is 4.85. The molecule has 0 saturated heterocycles. The number of aromatic nitrogens is 2. The summed E-state index contributed by atoms with van der Waals surface area (Å²) in [5.41, 5.74) is 3.65. The first-order chi connectivity index (χ1) is 13.6. The van der Waals surface area contributed by atoms with E-state index in [1.54, 1.807) is 0 Å². The van der Waals surface area contributed by atoms with E-state index in [9.17, 15) is 0 Å². The average molecular weight is 489 g/mol. The first kappa shape index (κ1) is 20.9. The van der Waals surface area contributed by atoms with Crippen LogP contribution in [0, 0.1) is 17.4 Å². The maximum absolute atomic E-state index is 5.91. The van der Waals surface area contributed by atoms with Crippen LogP contribution < -0.4 is 10.1 Å². The van der Waals surface area contributed by atoms with Crippen molar-refractivity contribution in [1.82, 2.24) is 15.1 Å². The molecule has 5 heteroatoms. The third kappa shape index (κ3) is 5.35. The molecule has 1 N–H and O–H groups in total. The van der Waals surface area contributed by atoms with Crippen LogP contribution >= 0.6 is 22.6 Å². The highest BCUT2D eigenvalue weighted by atomic mass is 127. The lowest BCUT2D eigenvalue weighted by Gasteiger charge is -2.19. The highest BCUT2D eigenvalue weighted by molar-refractivity contribution is 14.1. The monoisotopic (exact) mass is 489 g/mol. The second kappa shape index (κ2) is 10.1. The molecule has 1 atom stereocenters. The SMILES string of the molecule is CCCC(NCCn1nc(C)c(I)c1C)c1ccc(Oc2ccccc2)cc1. The molecule has 0 bridgehead atoms. The molecule has 1 heterocycles. The van der Waals surface area contributed by atoms with E-state index < -0.39 is 0 Å². The maximum atomic E-state index is 5.91. The number of benzene rings is 2. The van der Waals surface area contributed by atoms with Crippen LogP contribution in [0.5, 0.6) is 11.5 Å². The van der Waals surface area contributed by atoms with Crippen LogP contribution in [0.4, 0.5) is 0 Å². The van der Waals surface area contributed by atoms with Gasteiger partial charge in [-0.15, -0.1) is 0 Å². The van der Waals surface area contributed by atoms with Gasteiger partial charge in [0.1, 0.15) is 11.5 Å². The molecule has 3 aromatic rings. The largest absolute Gasteiger partial charge is 0.457 e. The smallest absolute Gasteiger partial charge is 0.127 e. The highest BCUT2D eigenvalue weighted by Gasteiger charge is 2.12. The minimum atomic E-state index is 0.340. The molecule has 2 aromatic carbocycles. The van der Waals surface area contributed by atoms with Gasteiger partial charge in [-0.1, -0.05) is 43.7 Å². The standard InChI is InChI=1S/C23H28IN3O/c1-4-8-22(25-15-16-27-18(3)23(24)17(2)26-27)19-11-13-21(14-12-19)28-20-9-6-5-7-10-20/h5-7,9-14,22,25H,4,8,15-16H2,1-3H3. The Labute approximate surface area is 181 Å². The Balaban J connectivity index is 1.60. The van der Waals surface area contributed by atoms with Crippen molar-refractivity contribution < 1.29 is 4.74 Å². The number of ether oxygens (including phenoxy) is 1. The van der Waals surface area contributed by atoms with Gasteiger partial charge in [-0.25, -0.2) is 0 Å². The summed E-state index contributed by atoms with van der Waals surface area (Å²) in [6.45, 7) is 8.20. The van der Waals surface area contributed by atoms with E-state index in [-0.39, 0.29) is 0 Å². The Morgan fingerprint density at radius 1 is 1.04 bits per heavy atom. The normalized spacial score (nSPS) is 12.1. The zero-order valence-corrected chi connectivity index (χ0v) is 18.9. The Morgan fingerprint density at radius 3 is 2.32 bits per heavy atom.